The van der Waals surface area contributed by atoms with Gasteiger partial charge in [-0.05, 0) is 6.92 Å². The first-order valence-electron chi connectivity index (χ1n) is 2.48. The van der Waals surface area contributed by atoms with Crippen LogP contribution in [0.25, 0.3) is 0 Å². The van der Waals surface area contributed by atoms with Crippen molar-refractivity contribution in [2.45, 2.75) is 13.5 Å². The number of aromatic nitrogens is 3. The van der Waals surface area contributed by atoms with Gasteiger partial charge in [-0.2, -0.15) is 5.10 Å². The molecule has 0 aliphatic heterocycles. The molecule has 0 aromatic carbocycles. The molecule has 0 aliphatic carbocycles. The molecule has 8 heavy (non-hydrogen) atoms. The Morgan fingerprint density at radius 1 is 1.88 bits per heavy atom. The highest BCUT2D eigenvalue weighted by atomic mass is 15.4. The molecule has 0 aliphatic rings. The van der Waals surface area contributed by atoms with Crippen LogP contribution in [0.5, 0.6) is 0 Å². The largest absolute Gasteiger partial charge is 0.368 e. The quantitative estimate of drug-likeness (QED) is 0.551. The van der Waals surface area contributed by atoms with Gasteiger partial charge < -0.3 is 5.73 Å². The van der Waals surface area contributed by atoms with Crippen LogP contribution in [0.15, 0.2) is 6.33 Å². The average Bonchev–Trinajstić information content (AvgIpc) is 2.14. The van der Waals surface area contributed by atoms with Gasteiger partial charge in [-0.25, -0.2) is 9.67 Å². The monoisotopic (exact) mass is 112 g/mol. The SMILES string of the molecule is CCn1ncnc1N. The third-order valence-corrected chi connectivity index (χ3v) is 0.945. The lowest BCUT2D eigenvalue weighted by Gasteiger charge is -1.92. The highest BCUT2D eigenvalue weighted by Gasteiger charge is 1.91. The summed E-state index contributed by atoms with van der Waals surface area (Å²) in [6.45, 7) is 2.75. The van der Waals surface area contributed by atoms with Crippen LogP contribution >= 0.6 is 0 Å². The van der Waals surface area contributed by atoms with Crippen molar-refractivity contribution in [1.82, 2.24) is 14.8 Å². The summed E-state index contributed by atoms with van der Waals surface area (Å²) in [5.74, 6) is 0.479. The molecule has 4 heteroatoms. The van der Waals surface area contributed by atoms with E-state index in [1.807, 2.05) is 6.92 Å². The van der Waals surface area contributed by atoms with E-state index in [4.69, 9.17) is 5.73 Å². The minimum Gasteiger partial charge on any atom is -0.368 e. The second-order valence-corrected chi connectivity index (χ2v) is 1.43. The van der Waals surface area contributed by atoms with Crippen molar-refractivity contribution in [2.75, 3.05) is 5.73 Å². The van der Waals surface area contributed by atoms with Crippen LogP contribution in [0.4, 0.5) is 5.95 Å². The lowest BCUT2D eigenvalue weighted by atomic mass is 10.8. The summed E-state index contributed by atoms with van der Waals surface area (Å²) >= 11 is 0. The molecule has 0 atom stereocenters. The normalized spacial score (nSPS) is 9.62. The van der Waals surface area contributed by atoms with Crippen molar-refractivity contribution >= 4 is 5.95 Å². The number of nitrogens with two attached hydrogens (primary N) is 1. The number of rotatable bonds is 1. The van der Waals surface area contributed by atoms with E-state index in [0.717, 1.165) is 6.54 Å². The van der Waals surface area contributed by atoms with Crippen molar-refractivity contribution in [2.24, 2.45) is 0 Å². The van der Waals surface area contributed by atoms with Gasteiger partial charge in [0, 0.05) is 6.54 Å². The molecule has 0 radical (unpaired) electrons. The highest BCUT2D eigenvalue weighted by molar-refractivity contribution is 5.11. The van der Waals surface area contributed by atoms with Crippen LogP contribution in [-0.2, 0) is 6.54 Å². The maximum Gasteiger partial charge on any atom is 0.218 e. The summed E-state index contributed by atoms with van der Waals surface area (Å²) in [6.07, 6.45) is 1.44. The average molecular weight is 112 g/mol. The van der Waals surface area contributed by atoms with Crippen molar-refractivity contribution in [3.63, 3.8) is 0 Å². The summed E-state index contributed by atoms with van der Waals surface area (Å²) in [5, 5.41) is 3.81. The Labute approximate surface area is 47.3 Å². The summed E-state index contributed by atoms with van der Waals surface area (Å²) in [6, 6.07) is 0. The van der Waals surface area contributed by atoms with Gasteiger partial charge in [0.05, 0.1) is 0 Å². The van der Waals surface area contributed by atoms with Crippen LogP contribution in [0.3, 0.4) is 0 Å². The fourth-order valence-corrected chi connectivity index (χ4v) is 0.517. The van der Waals surface area contributed by atoms with Crippen LogP contribution in [-0.4, -0.2) is 14.8 Å². The van der Waals surface area contributed by atoms with Gasteiger partial charge in [-0.15, -0.1) is 0 Å². The molecule has 1 rings (SSSR count). The number of anilines is 1. The first-order valence-corrected chi connectivity index (χ1v) is 2.48. The fourth-order valence-electron chi connectivity index (χ4n) is 0.517. The Kier molecular flexibility index (Phi) is 1.15. The summed E-state index contributed by atoms with van der Waals surface area (Å²) in [7, 11) is 0. The predicted octanol–water partition coefficient (Wildman–Crippen LogP) is -0.120. The Hall–Kier alpha value is -1.06. The summed E-state index contributed by atoms with van der Waals surface area (Å²) < 4.78 is 1.62. The molecule has 0 fully saturated rings. The van der Waals surface area contributed by atoms with Crippen LogP contribution in [0.2, 0.25) is 0 Å². The van der Waals surface area contributed by atoms with E-state index < -0.39 is 0 Å². The molecule has 0 amide bonds. The Morgan fingerprint density at radius 3 is 2.88 bits per heavy atom. The van der Waals surface area contributed by atoms with E-state index >= 15 is 0 Å². The summed E-state index contributed by atoms with van der Waals surface area (Å²) in [5.41, 5.74) is 5.34. The van der Waals surface area contributed by atoms with E-state index in [1.54, 1.807) is 4.68 Å². The number of nitrogens with zero attached hydrogens (tertiary/aromatic N) is 3. The van der Waals surface area contributed by atoms with Crippen molar-refractivity contribution in [3.05, 3.63) is 6.33 Å². The predicted molar refractivity (Wildman–Crippen MR) is 30.1 cm³/mol. The first-order chi connectivity index (χ1) is 3.84. The second kappa shape index (κ2) is 1.81. The fraction of sp³-hybridized carbons (Fsp3) is 0.500. The third-order valence-electron chi connectivity index (χ3n) is 0.945. The van der Waals surface area contributed by atoms with Gasteiger partial charge in [0.2, 0.25) is 5.95 Å². The number of hydrogen-bond acceptors (Lipinski definition) is 3. The molecule has 1 aromatic heterocycles. The van der Waals surface area contributed by atoms with Gasteiger partial charge in [0.1, 0.15) is 6.33 Å². The zero-order chi connectivity index (χ0) is 5.98. The molecule has 44 valence electrons. The van der Waals surface area contributed by atoms with Gasteiger partial charge in [0.25, 0.3) is 0 Å². The topological polar surface area (TPSA) is 56.7 Å². The molecule has 0 saturated carbocycles. The van der Waals surface area contributed by atoms with E-state index in [1.165, 1.54) is 6.33 Å². The lowest BCUT2D eigenvalue weighted by Crippen LogP contribution is -2.01. The molecule has 1 heterocycles. The first kappa shape index (κ1) is 5.08. The molecular weight excluding hydrogens is 104 g/mol. The molecule has 4 nitrogen and oxygen atoms in total. The molecule has 0 unspecified atom stereocenters. The Balaban J connectivity index is 2.92. The van der Waals surface area contributed by atoms with E-state index in [-0.39, 0.29) is 0 Å². The van der Waals surface area contributed by atoms with Gasteiger partial charge in [-0.1, -0.05) is 0 Å². The highest BCUT2D eigenvalue weighted by Crippen LogP contribution is 1.90. The standard InChI is InChI=1S/C4H8N4/c1-2-8-4(5)6-3-7-8/h3H,2H2,1H3,(H2,5,6,7). The van der Waals surface area contributed by atoms with E-state index in [2.05, 4.69) is 10.1 Å². The van der Waals surface area contributed by atoms with Gasteiger partial charge in [-0.3, -0.25) is 0 Å². The zero-order valence-corrected chi connectivity index (χ0v) is 4.70. The summed E-state index contributed by atoms with van der Waals surface area (Å²) in [4.78, 5) is 3.72. The molecule has 0 spiro atoms. The van der Waals surface area contributed by atoms with E-state index in [0.29, 0.717) is 5.95 Å². The number of aryl methyl sites for hydroxylation is 1. The maximum absolute atomic E-state index is 5.34. The maximum atomic E-state index is 5.34. The molecule has 0 saturated heterocycles. The number of hydrogen-bond donors (Lipinski definition) is 1. The second-order valence-electron chi connectivity index (χ2n) is 1.43. The lowest BCUT2D eigenvalue weighted by molar-refractivity contribution is 0.669. The molecule has 1 aromatic rings. The van der Waals surface area contributed by atoms with Gasteiger partial charge in [0.15, 0.2) is 0 Å². The molecule has 0 bridgehead atoms. The molecule has 2 N–H and O–H groups in total. The van der Waals surface area contributed by atoms with Crippen molar-refractivity contribution in [1.29, 1.82) is 0 Å². The minimum absolute atomic E-state index is 0.479. The number of nitrogen functional groups attached to an aromatic ring is 1. The molecular formula is C4H8N4. The smallest absolute Gasteiger partial charge is 0.218 e. The van der Waals surface area contributed by atoms with Crippen molar-refractivity contribution < 1.29 is 0 Å². The van der Waals surface area contributed by atoms with E-state index in [9.17, 15) is 0 Å². The Morgan fingerprint density at radius 2 is 2.62 bits per heavy atom. The van der Waals surface area contributed by atoms with Crippen LogP contribution in [0.1, 0.15) is 6.92 Å². The zero-order valence-electron chi connectivity index (χ0n) is 4.70. The minimum atomic E-state index is 0.479. The van der Waals surface area contributed by atoms with Crippen LogP contribution in [0, 0.1) is 0 Å². The third kappa shape index (κ3) is 0.641. The van der Waals surface area contributed by atoms with Crippen LogP contribution < -0.4 is 5.73 Å². The van der Waals surface area contributed by atoms with Gasteiger partial charge >= 0.3 is 0 Å². The van der Waals surface area contributed by atoms with Crippen molar-refractivity contribution in [3.8, 4) is 0 Å². The Bertz CT molecular complexity index is 168.